The summed E-state index contributed by atoms with van der Waals surface area (Å²) >= 11 is 1.44. The zero-order valence-electron chi connectivity index (χ0n) is 12.0. The van der Waals surface area contributed by atoms with Crippen LogP contribution in [-0.4, -0.2) is 30.1 Å². The Morgan fingerprint density at radius 2 is 2.24 bits per heavy atom. The van der Waals surface area contributed by atoms with Crippen molar-refractivity contribution in [2.75, 3.05) is 13.2 Å². The van der Waals surface area contributed by atoms with Crippen LogP contribution in [0.25, 0.3) is 10.6 Å². The lowest BCUT2D eigenvalue weighted by molar-refractivity contribution is 0.0860. The maximum Gasteiger partial charge on any atom is 0.263 e. The van der Waals surface area contributed by atoms with Gasteiger partial charge in [0.1, 0.15) is 9.88 Å². The summed E-state index contributed by atoms with van der Waals surface area (Å²) in [4.78, 5) is 17.5. The van der Waals surface area contributed by atoms with Crippen molar-refractivity contribution < 1.29 is 9.53 Å². The number of amides is 1. The van der Waals surface area contributed by atoms with Crippen LogP contribution in [-0.2, 0) is 4.74 Å². The van der Waals surface area contributed by atoms with Crippen LogP contribution in [0.15, 0.2) is 30.3 Å². The van der Waals surface area contributed by atoms with E-state index in [1.54, 1.807) is 0 Å². The van der Waals surface area contributed by atoms with Crippen molar-refractivity contribution in [2.45, 2.75) is 25.9 Å². The summed E-state index contributed by atoms with van der Waals surface area (Å²) in [6.07, 6.45) is 2.27. The molecule has 0 saturated carbocycles. The largest absolute Gasteiger partial charge is 0.376 e. The van der Waals surface area contributed by atoms with Gasteiger partial charge in [0.05, 0.1) is 11.8 Å². The number of aryl methyl sites for hydroxylation is 1. The fraction of sp³-hybridized carbons (Fsp3) is 0.375. The molecule has 1 atom stereocenters. The molecule has 1 aromatic heterocycles. The molecule has 0 unspecified atom stereocenters. The van der Waals surface area contributed by atoms with Crippen LogP contribution >= 0.6 is 11.3 Å². The summed E-state index contributed by atoms with van der Waals surface area (Å²) in [7, 11) is 0. The summed E-state index contributed by atoms with van der Waals surface area (Å²) in [5, 5.41) is 3.84. The first-order valence-corrected chi connectivity index (χ1v) is 7.98. The van der Waals surface area contributed by atoms with E-state index in [0.717, 1.165) is 35.7 Å². The summed E-state index contributed by atoms with van der Waals surface area (Å²) < 4.78 is 5.52. The zero-order valence-corrected chi connectivity index (χ0v) is 12.8. The Morgan fingerprint density at radius 3 is 2.95 bits per heavy atom. The van der Waals surface area contributed by atoms with E-state index in [2.05, 4.69) is 10.3 Å². The topological polar surface area (TPSA) is 51.2 Å². The van der Waals surface area contributed by atoms with Crippen molar-refractivity contribution in [3.8, 4) is 10.6 Å². The minimum absolute atomic E-state index is 0.0531. The van der Waals surface area contributed by atoms with Crippen LogP contribution in [0.1, 0.15) is 28.2 Å². The van der Waals surface area contributed by atoms with Gasteiger partial charge in [0, 0.05) is 18.7 Å². The number of hydrogen-bond acceptors (Lipinski definition) is 4. The van der Waals surface area contributed by atoms with Crippen molar-refractivity contribution in [1.82, 2.24) is 10.3 Å². The first-order chi connectivity index (χ1) is 10.2. The van der Waals surface area contributed by atoms with Crippen molar-refractivity contribution >= 4 is 17.2 Å². The predicted octanol–water partition coefficient (Wildman–Crippen LogP) is 3.03. The molecule has 1 N–H and O–H groups in total. The second kappa shape index (κ2) is 6.37. The van der Waals surface area contributed by atoms with Crippen LogP contribution in [0.5, 0.6) is 0 Å². The Hall–Kier alpha value is -1.72. The van der Waals surface area contributed by atoms with Gasteiger partial charge in [-0.15, -0.1) is 11.3 Å². The number of nitrogens with zero attached hydrogens (tertiary/aromatic N) is 1. The average Bonchev–Trinajstić information content (AvgIpc) is 3.15. The first kappa shape index (κ1) is 14.2. The minimum Gasteiger partial charge on any atom is -0.376 e. The number of nitrogens with one attached hydrogen (secondary N) is 1. The molecule has 1 saturated heterocycles. The molecule has 0 bridgehead atoms. The molecule has 110 valence electrons. The summed E-state index contributed by atoms with van der Waals surface area (Å²) in [6, 6.07) is 9.93. The number of rotatable bonds is 4. The molecule has 5 heteroatoms. The molecule has 3 rings (SSSR count). The van der Waals surface area contributed by atoms with E-state index in [-0.39, 0.29) is 12.0 Å². The van der Waals surface area contributed by atoms with E-state index in [9.17, 15) is 4.79 Å². The number of benzene rings is 1. The lowest BCUT2D eigenvalue weighted by atomic mass is 10.2. The number of aromatic nitrogens is 1. The number of carbonyl (C=O) groups is 1. The molecular weight excluding hydrogens is 284 g/mol. The predicted molar refractivity (Wildman–Crippen MR) is 83.6 cm³/mol. The van der Waals surface area contributed by atoms with Crippen molar-refractivity contribution in [2.24, 2.45) is 0 Å². The van der Waals surface area contributed by atoms with Crippen LogP contribution in [0.2, 0.25) is 0 Å². The lowest BCUT2D eigenvalue weighted by Crippen LogP contribution is -2.31. The Bertz CT molecular complexity index is 618. The van der Waals surface area contributed by atoms with E-state index >= 15 is 0 Å². The summed E-state index contributed by atoms with van der Waals surface area (Å²) in [5.74, 6) is -0.0531. The summed E-state index contributed by atoms with van der Waals surface area (Å²) in [6.45, 7) is 3.26. The molecule has 1 aliphatic heterocycles. The van der Waals surface area contributed by atoms with Crippen LogP contribution in [0, 0.1) is 6.92 Å². The third kappa shape index (κ3) is 3.31. The molecule has 4 nitrogen and oxygen atoms in total. The molecule has 0 spiro atoms. The maximum atomic E-state index is 12.3. The van der Waals surface area contributed by atoms with Crippen LogP contribution < -0.4 is 5.32 Å². The molecule has 2 heterocycles. The molecule has 21 heavy (non-hydrogen) atoms. The smallest absolute Gasteiger partial charge is 0.263 e. The van der Waals surface area contributed by atoms with E-state index in [4.69, 9.17) is 4.74 Å². The standard InChI is InChI=1S/C16H18N2O2S/c1-11-14(15(19)17-10-13-8-5-9-20-13)21-16(18-11)12-6-3-2-4-7-12/h2-4,6-7,13H,5,8-10H2,1H3,(H,17,19)/t13-/m1/s1. The Balaban J connectivity index is 1.70. The highest BCUT2D eigenvalue weighted by Crippen LogP contribution is 2.27. The van der Waals surface area contributed by atoms with Gasteiger partial charge in [0.2, 0.25) is 0 Å². The number of ether oxygens (including phenoxy) is 1. The van der Waals surface area contributed by atoms with Gasteiger partial charge in [-0.1, -0.05) is 30.3 Å². The average molecular weight is 302 g/mol. The van der Waals surface area contributed by atoms with E-state index in [1.807, 2.05) is 37.3 Å². The highest BCUT2D eigenvalue weighted by atomic mass is 32.1. The molecule has 1 aromatic carbocycles. The van der Waals surface area contributed by atoms with Crippen LogP contribution in [0.4, 0.5) is 0 Å². The van der Waals surface area contributed by atoms with Crippen molar-refractivity contribution in [3.05, 3.63) is 40.9 Å². The van der Waals surface area contributed by atoms with E-state index in [0.29, 0.717) is 11.4 Å². The number of thiazole rings is 1. The third-order valence-electron chi connectivity index (χ3n) is 3.54. The number of carbonyl (C=O) groups excluding carboxylic acids is 1. The van der Waals surface area contributed by atoms with Gasteiger partial charge < -0.3 is 10.1 Å². The highest BCUT2D eigenvalue weighted by Gasteiger charge is 2.19. The minimum atomic E-state index is -0.0531. The van der Waals surface area contributed by atoms with E-state index < -0.39 is 0 Å². The zero-order chi connectivity index (χ0) is 14.7. The normalized spacial score (nSPS) is 17.9. The quantitative estimate of drug-likeness (QED) is 0.944. The molecule has 0 aliphatic carbocycles. The monoisotopic (exact) mass is 302 g/mol. The summed E-state index contributed by atoms with van der Waals surface area (Å²) in [5.41, 5.74) is 1.83. The highest BCUT2D eigenvalue weighted by molar-refractivity contribution is 7.17. The van der Waals surface area contributed by atoms with Crippen LogP contribution in [0.3, 0.4) is 0 Å². The van der Waals surface area contributed by atoms with Gasteiger partial charge in [-0.2, -0.15) is 0 Å². The van der Waals surface area contributed by atoms with Crippen molar-refractivity contribution in [1.29, 1.82) is 0 Å². The number of hydrogen-bond donors (Lipinski definition) is 1. The first-order valence-electron chi connectivity index (χ1n) is 7.16. The van der Waals surface area contributed by atoms with Crippen molar-refractivity contribution in [3.63, 3.8) is 0 Å². The molecule has 0 radical (unpaired) electrons. The van der Waals surface area contributed by atoms with Gasteiger partial charge in [-0.05, 0) is 19.8 Å². The molecule has 2 aromatic rings. The lowest BCUT2D eigenvalue weighted by Gasteiger charge is -2.09. The fourth-order valence-corrected chi connectivity index (χ4v) is 3.39. The fourth-order valence-electron chi connectivity index (χ4n) is 2.40. The molecular formula is C16H18N2O2S. The van der Waals surface area contributed by atoms with E-state index in [1.165, 1.54) is 11.3 Å². The van der Waals surface area contributed by atoms with Gasteiger partial charge in [0.15, 0.2) is 0 Å². The second-order valence-corrected chi connectivity index (χ2v) is 6.14. The second-order valence-electron chi connectivity index (χ2n) is 5.14. The van der Waals surface area contributed by atoms with Gasteiger partial charge >= 0.3 is 0 Å². The molecule has 1 fully saturated rings. The Morgan fingerprint density at radius 1 is 1.43 bits per heavy atom. The van der Waals surface area contributed by atoms with Gasteiger partial charge in [-0.25, -0.2) is 4.98 Å². The Kier molecular flexibility index (Phi) is 4.31. The maximum absolute atomic E-state index is 12.3. The van der Waals surface area contributed by atoms with Gasteiger partial charge in [-0.3, -0.25) is 4.79 Å². The third-order valence-corrected chi connectivity index (χ3v) is 4.74. The SMILES string of the molecule is Cc1nc(-c2ccccc2)sc1C(=O)NC[C@H]1CCCO1. The molecule has 1 aliphatic rings. The molecule has 1 amide bonds. The van der Waals surface area contributed by atoms with Gasteiger partial charge in [0.25, 0.3) is 5.91 Å². The Labute approximate surface area is 128 Å².